The van der Waals surface area contributed by atoms with E-state index in [0.717, 1.165) is 0 Å². The molecule has 0 aliphatic heterocycles. The number of nitrogens with zero attached hydrogens (tertiary/aromatic N) is 1. The van der Waals surface area contributed by atoms with Gasteiger partial charge in [-0.25, -0.2) is 13.9 Å². The number of methoxy groups -OCH3 is 1. The lowest BCUT2D eigenvalue weighted by Crippen LogP contribution is -2.25. The van der Waals surface area contributed by atoms with Crippen LogP contribution in [0.3, 0.4) is 0 Å². The number of carbonyl (C=O) groups is 1. The predicted molar refractivity (Wildman–Crippen MR) is 69.7 cm³/mol. The second kappa shape index (κ2) is 4.87. The second-order valence-electron chi connectivity index (χ2n) is 3.78. The van der Waals surface area contributed by atoms with Crippen LogP contribution < -0.4 is 5.14 Å². The number of esters is 1. The SMILES string of the molecule is COC(=O)c1c(-c2ccccc2)ccn1S(N)(=O)=O. The van der Waals surface area contributed by atoms with Crippen LogP contribution in [0.15, 0.2) is 42.6 Å². The minimum Gasteiger partial charge on any atom is -0.464 e. The van der Waals surface area contributed by atoms with Crippen LogP contribution in [0.2, 0.25) is 0 Å². The molecular weight excluding hydrogens is 268 g/mol. The average Bonchev–Trinajstić information content (AvgIpc) is 2.83. The van der Waals surface area contributed by atoms with Gasteiger partial charge in [0.1, 0.15) is 0 Å². The second-order valence-corrected chi connectivity index (χ2v) is 5.20. The summed E-state index contributed by atoms with van der Waals surface area (Å²) >= 11 is 0. The minimum absolute atomic E-state index is 0.115. The number of benzene rings is 1. The molecule has 0 unspecified atom stereocenters. The molecule has 1 aromatic heterocycles. The highest BCUT2D eigenvalue weighted by molar-refractivity contribution is 7.87. The summed E-state index contributed by atoms with van der Waals surface area (Å²) in [5, 5.41) is 5.07. The van der Waals surface area contributed by atoms with Gasteiger partial charge in [0.05, 0.1) is 7.11 Å². The lowest BCUT2D eigenvalue weighted by atomic mass is 10.1. The van der Waals surface area contributed by atoms with Gasteiger partial charge in [-0.2, -0.15) is 8.42 Å². The van der Waals surface area contributed by atoms with Crippen molar-refractivity contribution in [2.24, 2.45) is 5.14 Å². The number of ether oxygens (including phenoxy) is 1. The molecular formula is C12H12N2O4S. The molecule has 0 aliphatic rings. The van der Waals surface area contributed by atoms with Crippen LogP contribution in [0.1, 0.15) is 10.5 Å². The lowest BCUT2D eigenvalue weighted by Gasteiger charge is -2.07. The van der Waals surface area contributed by atoms with Crippen molar-refractivity contribution in [3.8, 4) is 11.1 Å². The summed E-state index contributed by atoms with van der Waals surface area (Å²) in [5.41, 5.74) is 1.03. The standard InChI is InChI=1S/C12H12N2O4S/c1-18-12(15)11-10(9-5-3-2-4-6-9)7-8-14(11)19(13,16)17/h2-8H,1H3,(H2,13,16,17). The Kier molecular flexibility index (Phi) is 3.41. The molecule has 0 atom stereocenters. The highest BCUT2D eigenvalue weighted by Gasteiger charge is 2.23. The maximum Gasteiger partial charge on any atom is 0.356 e. The summed E-state index contributed by atoms with van der Waals surface area (Å²) in [6.45, 7) is 0. The number of hydrogen-bond donors (Lipinski definition) is 1. The molecule has 19 heavy (non-hydrogen) atoms. The molecule has 6 nitrogen and oxygen atoms in total. The molecule has 2 aromatic rings. The quantitative estimate of drug-likeness (QED) is 0.849. The molecule has 2 rings (SSSR count). The van der Waals surface area contributed by atoms with E-state index in [-0.39, 0.29) is 5.69 Å². The van der Waals surface area contributed by atoms with Gasteiger partial charge in [0.2, 0.25) is 0 Å². The van der Waals surface area contributed by atoms with Crippen molar-refractivity contribution in [2.75, 3.05) is 7.11 Å². The van der Waals surface area contributed by atoms with Gasteiger partial charge >= 0.3 is 16.2 Å². The van der Waals surface area contributed by atoms with Crippen molar-refractivity contribution in [2.45, 2.75) is 0 Å². The maximum absolute atomic E-state index is 11.8. The Morgan fingerprint density at radius 1 is 1.21 bits per heavy atom. The number of nitrogens with two attached hydrogens (primary N) is 1. The fraction of sp³-hybridized carbons (Fsp3) is 0.0833. The molecule has 0 amide bonds. The van der Waals surface area contributed by atoms with Crippen LogP contribution >= 0.6 is 0 Å². The van der Waals surface area contributed by atoms with Crippen molar-refractivity contribution < 1.29 is 17.9 Å². The third-order valence-corrected chi connectivity index (χ3v) is 3.44. The minimum atomic E-state index is -4.06. The number of carbonyl (C=O) groups excluding carboxylic acids is 1. The summed E-state index contributed by atoms with van der Waals surface area (Å²) < 4.78 is 28.2. The van der Waals surface area contributed by atoms with E-state index in [2.05, 4.69) is 4.74 Å². The zero-order chi connectivity index (χ0) is 14.0. The third kappa shape index (κ3) is 2.51. The van der Waals surface area contributed by atoms with E-state index in [1.165, 1.54) is 19.4 Å². The molecule has 1 aromatic carbocycles. The topological polar surface area (TPSA) is 91.4 Å². The molecule has 0 saturated heterocycles. The van der Waals surface area contributed by atoms with Crippen LogP contribution in [0.4, 0.5) is 0 Å². The Morgan fingerprint density at radius 3 is 2.37 bits per heavy atom. The van der Waals surface area contributed by atoms with Gasteiger partial charge in [-0.1, -0.05) is 30.3 Å². The normalized spacial score (nSPS) is 11.3. The summed E-state index contributed by atoms with van der Waals surface area (Å²) in [7, 11) is -2.88. The van der Waals surface area contributed by atoms with Crippen molar-refractivity contribution in [3.63, 3.8) is 0 Å². The molecule has 0 radical (unpaired) electrons. The Balaban J connectivity index is 2.71. The highest BCUT2D eigenvalue weighted by Crippen LogP contribution is 2.26. The van der Waals surface area contributed by atoms with E-state index in [4.69, 9.17) is 5.14 Å². The monoisotopic (exact) mass is 280 g/mol. The molecule has 0 fully saturated rings. The first-order valence-electron chi connectivity index (χ1n) is 5.33. The number of rotatable bonds is 3. The van der Waals surface area contributed by atoms with Crippen molar-refractivity contribution in [3.05, 3.63) is 48.3 Å². The van der Waals surface area contributed by atoms with E-state index < -0.39 is 16.2 Å². The fourth-order valence-corrected chi connectivity index (χ4v) is 2.43. The highest BCUT2D eigenvalue weighted by atomic mass is 32.2. The number of hydrogen-bond acceptors (Lipinski definition) is 4. The van der Waals surface area contributed by atoms with E-state index >= 15 is 0 Å². The Labute approximate surface area is 110 Å². The molecule has 0 bridgehead atoms. The van der Waals surface area contributed by atoms with Gasteiger partial charge in [0.25, 0.3) is 0 Å². The molecule has 2 N–H and O–H groups in total. The molecule has 1 heterocycles. The summed E-state index contributed by atoms with van der Waals surface area (Å²) in [6.07, 6.45) is 1.23. The van der Waals surface area contributed by atoms with Crippen LogP contribution in [0.25, 0.3) is 11.1 Å². The molecule has 0 aliphatic carbocycles. The van der Waals surface area contributed by atoms with Crippen molar-refractivity contribution in [1.29, 1.82) is 0 Å². The smallest absolute Gasteiger partial charge is 0.356 e. The average molecular weight is 280 g/mol. The summed E-state index contributed by atoms with van der Waals surface area (Å²) in [6, 6.07) is 10.4. The van der Waals surface area contributed by atoms with Crippen molar-refractivity contribution >= 4 is 16.2 Å². The summed E-state index contributed by atoms with van der Waals surface area (Å²) in [4.78, 5) is 11.8. The van der Waals surface area contributed by atoms with E-state index in [9.17, 15) is 13.2 Å². The molecule has 0 saturated carbocycles. The Bertz CT molecular complexity index is 705. The zero-order valence-corrected chi connectivity index (χ0v) is 10.9. The maximum atomic E-state index is 11.8. The van der Waals surface area contributed by atoms with E-state index in [1.807, 2.05) is 6.07 Å². The molecule has 0 spiro atoms. The number of aromatic nitrogens is 1. The Hall–Kier alpha value is -2.12. The third-order valence-electron chi connectivity index (χ3n) is 2.59. The summed E-state index contributed by atoms with van der Waals surface area (Å²) in [5.74, 6) is -0.766. The van der Waals surface area contributed by atoms with Gasteiger partial charge in [-0.15, -0.1) is 0 Å². The van der Waals surface area contributed by atoms with Crippen LogP contribution in [0.5, 0.6) is 0 Å². The first kappa shape index (κ1) is 13.3. The fourth-order valence-electron chi connectivity index (χ4n) is 1.77. The Morgan fingerprint density at radius 2 is 1.84 bits per heavy atom. The molecule has 7 heteroatoms. The van der Waals surface area contributed by atoms with Gasteiger partial charge < -0.3 is 4.74 Å². The van der Waals surface area contributed by atoms with Gasteiger partial charge in [0, 0.05) is 11.8 Å². The first-order valence-corrected chi connectivity index (χ1v) is 6.84. The lowest BCUT2D eigenvalue weighted by molar-refractivity contribution is 0.0593. The van der Waals surface area contributed by atoms with E-state index in [0.29, 0.717) is 15.1 Å². The van der Waals surface area contributed by atoms with Crippen LogP contribution in [-0.2, 0) is 14.9 Å². The van der Waals surface area contributed by atoms with Gasteiger partial charge in [-0.3, -0.25) is 0 Å². The van der Waals surface area contributed by atoms with Gasteiger partial charge in [0.15, 0.2) is 5.69 Å². The van der Waals surface area contributed by atoms with Crippen molar-refractivity contribution in [1.82, 2.24) is 3.97 Å². The van der Waals surface area contributed by atoms with Crippen LogP contribution in [-0.4, -0.2) is 25.5 Å². The predicted octanol–water partition coefficient (Wildman–Crippen LogP) is 0.993. The van der Waals surface area contributed by atoms with Crippen LogP contribution in [0, 0.1) is 0 Å². The molecule has 100 valence electrons. The first-order chi connectivity index (χ1) is 8.95. The zero-order valence-electron chi connectivity index (χ0n) is 10.1. The van der Waals surface area contributed by atoms with E-state index in [1.54, 1.807) is 24.3 Å². The van der Waals surface area contributed by atoms with Gasteiger partial charge in [-0.05, 0) is 11.6 Å². The largest absolute Gasteiger partial charge is 0.464 e.